The van der Waals surface area contributed by atoms with Crippen LogP contribution in [-0.4, -0.2) is 71.7 Å². The summed E-state index contributed by atoms with van der Waals surface area (Å²) < 4.78 is 15.3. The van der Waals surface area contributed by atoms with Crippen molar-refractivity contribution >= 4 is 102 Å². The number of piperidine rings is 2. The zero-order chi connectivity index (χ0) is 32.9. The van der Waals surface area contributed by atoms with Crippen LogP contribution in [0.5, 0.6) is 0 Å². The van der Waals surface area contributed by atoms with Gasteiger partial charge in [0.2, 0.25) is 0 Å². The summed E-state index contributed by atoms with van der Waals surface area (Å²) in [6, 6.07) is 10.7. The van der Waals surface area contributed by atoms with Gasteiger partial charge in [-0.15, -0.1) is 22.9 Å². The highest BCUT2D eigenvalue weighted by Crippen LogP contribution is 2.35. The molecule has 0 spiro atoms. The van der Waals surface area contributed by atoms with Gasteiger partial charge in [0.15, 0.2) is 0 Å². The Labute approximate surface area is 312 Å². The quantitative estimate of drug-likeness (QED) is 0.0937. The average Bonchev–Trinajstić information content (AvgIpc) is 3.48. The Morgan fingerprint density at radius 3 is 2.48 bits per heavy atom. The van der Waals surface area contributed by atoms with Crippen LogP contribution in [0.4, 0.5) is 5.82 Å². The summed E-state index contributed by atoms with van der Waals surface area (Å²) in [4.78, 5) is 19.7. The van der Waals surface area contributed by atoms with Crippen molar-refractivity contribution in [3.63, 3.8) is 0 Å². The zero-order valence-corrected chi connectivity index (χ0v) is 32.8. The summed E-state index contributed by atoms with van der Waals surface area (Å²) >= 11 is 22.8. The Hall–Kier alpha value is -0.540. The van der Waals surface area contributed by atoms with Crippen LogP contribution < -0.4 is 9.62 Å². The van der Waals surface area contributed by atoms with Crippen LogP contribution in [0, 0.1) is 5.92 Å². The number of nitrogens with zero attached hydrogens (tertiary/aromatic N) is 3. The second-order valence-electron chi connectivity index (χ2n) is 11.2. The molecule has 3 aromatic rings. The van der Waals surface area contributed by atoms with E-state index in [4.69, 9.17) is 21.3 Å². The second kappa shape index (κ2) is 20.2. The van der Waals surface area contributed by atoms with Gasteiger partial charge in [0.05, 0.1) is 14.8 Å². The third-order valence-corrected chi connectivity index (χ3v) is 12.6. The van der Waals surface area contributed by atoms with E-state index in [1.807, 2.05) is 30.1 Å². The minimum Gasteiger partial charge on any atom is -0.480 e. The minimum atomic E-state index is -0.903. The summed E-state index contributed by atoms with van der Waals surface area (Å²) in [5.41, 5.74) is 0.909. The molecule has 14 heteroatoms. The number of benzene rings is 1. The number of rotatable bonds is 14. The van der Waals surface area contributed by atoms with Crippen molar-refractivity contribution in [2.24, 2.45) is 5.92 Å². The largest absolute Gasteiger partial charge is 0.480 e. The molecule has 0 saturated carbocycles. The van der Waals surface area contributed by atoms with Gasteiger partial charge in [0, 0.05) is 65.1 Å². The predicted molar refractivity (Wildman–Crippen MR) is 202 cm³/mol. The first-order valence-corrected chi connectivity index (χ1v) is 20.5. The molecule has 2 saturated heterocycles. The van der Waals surface area contributed by atoms with E-state index in [0.717, 1.165) is 78.7 Å². The number of pyridine rings is 1. The van der Waals surface area contributed by atoms with E-state index < -0.39 is 12.0 Å². The third kappa shape index (κ3) is 12.4. The normalized spacial score (nSPS) is 17.0. The Morgan fingerprint density at radius 2 is 1.85 bits per heavy atom. The highest BCUT2D eigenvalue weighted by molar-refractivity contribution is 9.10. The first-order chi connectivity index (χ1) is 22.3. The molecule has 1 atom stereocenters. The lowest BCUT2D eigenvalue weighted by Gasteiger charge is -2.33. The van der Waals surface area contributed by atoms with Crippen LogP contribution in [0.25, 0.3) is 0 Å². The summed E-state index contributed by atoms with van der Waals surface area (Å²) in [6.07, 6.45) is 10.9. The van der Waals surface area contributed by atoms with Crippen molar-refractivity contribution in [2.45, 2.75) is 66.2 Å². The molecule has 2 aliphatic heterocycles. The third-order valence-electron chi connectivity index (χ3n) is 7.95. The van der Waals surface area contributed by atoms with Crippen LogP contribution in [-0.2, 0) is 16.0 Å². The number of thiophene rings is 1. The van der Waals surface area contributed by atoms with Crippen LogP contribution in [0.2, 0.25) is 5.02 Å². The van der Waals surface area contributed by atoms with E-state index in [9.17, 15) is 9.90 Å². The Morgan fingerprint density at radius 1 is 1.13 bits per heavy atom. The Bertz CT molecular complexity index is 1360. The maximum absolute atomic E-state index is 11.8. The predicted octanol–water partition coefficient (Wildman–Crippen LogP) is 9.65. The van der Waals surface area contributed by atoms with E-state index in [1.165, 1.54) is 46.3 Å². The smallest absolute Gasteiger partial charge is 0.321 e. The molecule has 4 heterocycles. The highest BCUT2D eigenvalue weighted by atomic mass is 79.9. The fourth-order valence-electron chi connectivity index (χ4n) is 5.49. The number of aliphatic carboxylic acids is 1. The van der Waals surface area contributed by atoms with Crippen LogP contribution in [0.3, 0.4) is 0 Å². The monoisotopic (exact) mass is 852 g/mol. The number of hydrogen-bond donors (Lipinski definition) is 2. The molecule has 2 aromatic heterocycles. The molecule has 5 rings (SSSR count). The molecule has 2 N–H and O–H groups in total. The van der Waals surface area contributed by atoms with E-state index in [0.29, 0.717) is 17.5 Å². The SMILES string of the molecule is CCl.O=C(O)C(Cc1ccc(Cl)cc1)NSc1cnc(N2CCC(OCCCC3CCN(Sc4cc(Br)cs4)CC3)CC2)c(Br)c1. The highest BCUT2D eigenvalue weighted by Gasteiger charge is 2.24. The van der Waals surface area contributed by atoms with Crippen molar-refractivity contribution < 1.29 is 14.6 Å². The molecule has 1 aromatic carbocycles. The van der Waals surface area contributed by atoms with Gasteiger partial charge in [-0.2, -0.15) is 0 Å². The number of hydrogen-bond acceptors (Lipinski definition) is 9. The first kappa shape index (κ1) is 38.3. The number of alkyl halides is 1. The molecule has 2 aliphatic rings. The molecule has 0 aliphatic carbocycles. The number of carboxylic acids is 1. The van der Waals surface area contributed by atoms with Crippen LogP contribution in [0.1, 0.15) is 44.1 Å². The summed E-state index contributed by atoms with van der Waals surface area (Å²) in [7, 11) is 0. The molecule has 2 fully saturated rings. The van der Waals surface area contributed by atoms with Crippen molar-refractivity contribution in [3.05, 3.63) is 67.5 Å². The van der Waals surface area contributed by atoms with Gasteiger partial charge >= 0.3 is 5.97 Å². The number of ether oxygens (including phenoxy) is 1. The molecule has 46 heavy (non-hydrogen) atoms. The van der Waals surface area contributed by atoms with E-state index in [2.05, 4.69) is 68.8 Å². The van der Waals surface area contributed by atoms with Crippen molar-refractivity contribution in [3.8, 4) is 0 Å². The summed E-state index contributed by atoms with van der Waals surface area (Å²) in [5.74, 6) is 0.825. The fraction of sp³-hybridized carbons (Fsp3) is 0.500. The van der Waals surface area contributed by atoms with Gasteiger partial charge < -0.3 is 14.7 Å². The maximum Gasteiger partial charge on any atom is 0.321 e. The average molecular weight is 856 g/mol. The molecular weight excluding hydrogens is 815 g/mol. The standard InChI is InChI=1S/C31H37Br2ClN4O3S3.CH3Cl/c32-23-17-29(42-20-23)44-38-13-7-21(8-14-38)2-1-15-41-25-9-11-37(12-10-25)30-27(33)18-26(19-35-30)43-36-28(31(39)40)16-22-3-5-24(34)6-4-22;1-2/h3-6,17-21,25,28,36H,1-2,7-16H2,(H,39,40);1H3. The summed E-state index contributed by atoms with van der Waals surface area (Å²) in [6.45, 7) is 4.98. The van der Waals surface area contributed by atoms with Gasteiger partial charge in [0.25, 0.3) is 0 Å². The van der Waals surface area contributed by atoms with E-state index >= 15 is 0 Å². The van der Waals surface area contributed by atoms with Crippen molar-refractivity contribution in [1.82, 2.24) is 14.0 Å². The molecule has 7 nitrogen and oxygen atoms in total. The minimum absolute atomic E-state index is 0.306. The number of aromatic nitrogens is 1. The molecule has 0 bridgehead atoms. The molecular formula is C32H40Br2Cl2N4O3S3. The van der Waals surface area contributed by atoms with Gasteiger partial charge in [-0.05, 0) is 136 Å². The maximum atomic E-state index is 11.8. The zero-order valence-electron chi connectivity index (χ0n) is 25.7. The van der Waals surface area contributed by atoms with Crippen LogP contribution >= 0.6 is 90.3 Å². The number of carboxylic acid groups (broad SMARTS) is 1. The lowest BCUT2D eigenvalue weighted by Crippen LogP contribution is -2.38. The number of nitrogens with one attached hydrogen (secondary N) is 1. The van der Waals surface area contributed by atoms with Gasteiger partial charge in [-0.1, -0.05) is 23.7 Å². The number of halogens is 4. The van der Waals surface area contributed by atoms with E-state index in [1.54, 1.807) is 29.7 Å². The summed E-state index contributed by atoms with van der Waals surface area (Å²) in [5, 5.41) is 12.5. The van der Waals surface area contributed by atoms with Gasteiger partial charge in [-0.25, -0.2) is 14.0 Å². The second-order valence-corrected chi connectivity index (χ2v) is 16.6. The lowest BCUT2D eigenvalue weighted by molar-refractivity contribution is -0.138. The first-order valence-electron chi connectivity index (χ1n) is 15.3. The fourth-order valence-corrected chi connectivity index (χ4v) is 9.88. The molecule has 0 radical (unpaired) electrons. The van der Waals surface area contributed by atoms with Crippen LogP contribution in [0.15, 0.2) is 66.0 Å². The number of carbonyl (C=O) groups is 1. The van der Waals surface area contributed by atoms with Crippen molar-refractivity contribution in [2.75, 3.05) is 44.1 Å². The van der Waals surface area contributed by atoms with E-state index in [-0.39, 0.29) is 0 Å². The Kier molecular flexibility index (Phi) is 16.8. The topological polar surface area (TPSA) is 77.9 Å². The van der Waals surface area contributed by atoms with Gasteiger partial charge in [0.1, 0.15) is 11.9 Å². The lowest BCUT2D eigenvalue weighted by atomic mass is 9.93. The number of anilines is 1. The Balaban J connectivity index is 0.00000235. The van der Waals surface area contributed by atoms with Gasteiger partial charge in [-0.3, -0.25) is 4.79 Å². The molecule has 252 valence electrons. The molecule has 1 unspecified atom stereocenters. The van der Waals surface area contributed by atoms with Crippen molar-refractivity contribution in [1.29, 1.82) is 0 Å². The molecule has 0 amide bonds.